The van der Waals surface area contributed by atoms with Gasteiger partial charge in [-0.05, 0) is 17.7 Å². The van der Waals surface area contributed by atoms with E-state index >= 15 is 0 Å². The third-order valence-electron chi connectivity index (χ3n) is 3.95. The molecule has 0 spiro atoms. The minimum atomic E-state index is -0.134. The molecule has 0 fully saturated rings. The van der Waals surface area contributed by atoms with Crippen LogP contribution in [-0.4, -0.2) is 33.1 Å². The Balaban J connectivity index is 1.42. The van der Waals surface area contributed by atoms with Crippen LogP contribution in [0.4, 0.5) is 0 Å². The summed E-state index contributed by atoms with van der Waals surface area (Å²) in [5.74, 6) is 0.450. The Morgan fingerprint density at radius 2 is 1.78 bits per heavy atom. The van der Waals surface area contributed by atoms with E-state index in [1.54, 1.807) is 23.3 Å². The molecule has 2 amide bonds. The molecule has 0 aliphatic carbocycles. The number of amides is 2. The maximum Gasteiger partial charge on any atom is 0.224 e. The predicted molar refractivity (Wildman–Crippen MR) is 101 cm³/mol. The summed E-state index contributed by atoms with van der Waals surface area (Å²) in [5, 5.41) is 9.79. The molecule has 138 valence electrons. The van der Waals surface area contributed by atoms with Gasteiger partial charge in [0.15, 0.2) is 5.82 Å². The molecule has 0 radical (unpaired) electrons. The molecule has 7 nitrogen and oxygen atoms in total. The fraction of sp³-hybridized carbons (Fsp3) is 0.200. The lowest BCUT2D eigenvalue weighted by molar-refractivity contribution is -0.122. The van der Waals surface area contributed by atoms with Crippen molar-refractivity contribution in [3.8, 4) is 5.82 Å². The molecule has 2 N–H and O–H groups in total. The largest absolute Gasteiger partial charge is 0.355 e. The van der Waals surface area contributed by atoms with Gasteiger partial charge in [0.1, 0.15) is 0 Å². The number of pyridine rings is 1. The van der Waals surface area contributed by atoms with Crippen molar-refractivity contribution in [2.75, 3.05) is 6.54 Å². The van der Waals surface area contributed by atoms with Crippen molar-refractivity contribution < 1.29 is 9.59 Å². The molecule has 2 heterocycles. The molecule has 0 bridgehead atoms. The number of hydrogen-bond donors (Lipinski definition) is 2. The first-order valence-electron chi connectivity index (χ1n) is 8.73. The first-order chi connectivity index (χ1) is 13.2. The Kier molecular flexibility index (Phi) is 6.30. The molecule has 0 aliphatic rings. The Bertz CT molecular complexity index is 878. The summed E-state index contributed by atoms with van der Waals surface area (Å²) >= 11 is 0. The number of nitrogens with zero attached hydrogens (tertiary/aromatic N) is 3. The van der Waals surface area contributed by atoms with Crippen LogP contribution in [0.5, 0.6) is 0 Å². The van der Waals surface area contributed by atoms with Gasteiger partial charge < -0.3 is 10.6 Å². The van der Waals surface area contributed by atoms with Crippen LogP contribution in [0.1, 0.15) is 17.5 Å². The molecular formula is C20H21N5O2. The van der Waals surface area contributed by atoms with Crippen molar-refractivity contribution >= 4 is 11.8 Å². The van der Waals surface area contributed by atoms with E-state index in [4.69, 9.17) is 0 Å². The summed E-state index contributed by atoms with van der Waals surface area (Å²) in [4.78, 5) is 28.3. The van der Waals surface area contributed by atoms with E-state index in [0.29, 0.717) is 25.3 Å². The van der Waals surface area contributed by atoms with Crippen LogP contribution < -0.4 is 10.6 Å². The van der Waals surface area contributed by atoms with Gasteiger partial charge in [-0.2, -0.15) is 5.10 Å². The zero-order valence-corrected chi connectivity index (χ0v) is 14.8. The zero-order valence-electron chi connectivity index (χ0n) is 14.8. The highest BCUT2D eigenvalue weighted by atomic mass is 16.2. The quantitative estimate of drug-likeness (QED) is 0.637. The van der Waals surface area contributed by atoms with E-state index in [-0.39, 0.29) is 18.2 Å². The average molecular weight is 363 g/mol. The van der Waals surface area contributed by atoms with Crippen molar-refractivity contribution in [1.29, 1.82) is 0 Å². The Hall–Kier alpha value is -3.48. The Labute approximate surface area is 157 Å². The van der Waals surface area contributed by atoms with Gasteiger partial charge in [-0.3, -0.25) is 9.59 Å². The van der Waals surface area contributed by atoms with Crippen LogP contribution in [0.3, 0.4) is 0 Å². The van der Waals surface area contributed by atoms with Gasteiger partial charge in [-0.25, -0.2) is 9.67 Å². The summed E-state index contributed by atoms with van der Waals surface area (Å²) in [5.41, 5.74) is 1.81. The second-order valence-electron chi connectivity index (χ2n) is 5.98. The summed E-state index contributed by atoms with van der Waals surface area (Å²) in [6, 6.07) is 15.0. The third-order valence-corrected chi connectivity index (χ3v) is 3.95. The lowest BCUT2D eigenvalue weighted by Gasteiger charge is -2.10. The van der Waals surface area contributed by atoms with Gasteiger partial charge in [0, 0.05) is 43.7 Å². The topological polar surface area (TPSA) is 88.9 Å². The summed E-state index contributed by atoms with van der Waals surface area (Å²) in [6.45, 7) is 0.649. The van der Waals surface area contributed by atoms with Gasteiger partial charge in [-0.15, -0.1) is 0 Å². The molecule has 0 aliphatic heterocycles. The molecule has 1 aromatic carbocycles. The van der Waals surface area contributed by atoms with Crippen LogP contribution in [0.25, 0.3) is 5.82 Å². The SMILES string of the molecule is O=C(CCNC(=O)Cc1ccccc1)NCc1cccnc1-n1cccn1. The lowest BCUT2D eigenvalue weighted by Crippen LogP contribution is -2.31. The normalized spacial score (nSPS) is 10.4. The summed E-state index contributed by atoms with van der Waals surface area (Å²) in [6.07, 6.45) is 5.69. The number of nitrogens with one attached hydrogen (secondary N) is 2. The second-order valence-corrected chi connectivity index (χ2v) is 5.98. The van der Waals surface area contributed by atoms with Gasteiger partial charge in [0.2, 0.25) is 11.8 Å². The monoisotopic (exact) mass is 363 g/mol. The first kappa shape index (κ1) is 18.3. The summed E-state index contributed by atoms with van der Waals surface area (Å²) < 4.78 is 1.66. The van der Waals surface area contributed by atoms with Crippen LogP contribution >= 0.6 is 0 Å². The Morgan fingerprint density at radius 1 is 0.926 bits per heavy atom. The molecule has 2 aromatic heterocycles. The van der Waals surface area contributed by atoms with Crippen molar-refractivity contribution in [1.82, 2.24) is 25.4 Å². The fourth-order valence-electron chi connectivity index (χ4n) is 2.61. The third kappa shape index (κ3) is 5.50. The van der Waals surface area contributed by atoms with E-state index in [1.165, 1.54) is 0 Å². The maximum atomic E-state index is 12.0. The molecule has 0 saturated heterocycles. The van der Waals surface area contributed by atoms with Crippen molar-refractivity contribution in [2.24, 2.45) is 0 Å². The van der Waals surface area contributed by atoms with E-state index in [0.717, 1.165) is 11.1 Å². The lowest BCUT2D eigenvalue weighted by atomic mass is 10.1. The van der Waals surface area contributed by atoms with Crippen molar-refractivity contribution in [3.63, 3.8) is 0 Å². The standard InChI is InChI=1S/C20H21N5O2/c26-18(9-12-21-19(27)14-16-6-2-1-3-7-16)23-15-17-8-4-10-22-20(17)25-13-5-11-24-25/h1-8,10-11,13H,9,12,14-15H2,(H,21,27)(H,23,26). The van der Waals surface area contributed by atoms with Crippen LogP contribution in [0, 0.1) is 0 Å². The van der Waals surface area contributed by atoms with Gasteiger partial charge in [0.25, 0.3) is 0 Å². The van der Waals surface area contributed by atoms with Crippen LogP contribution in [0.2, 0.25) is 0 Å². The number of benzene rings is 1. The maximum absolute atomic E-state index is 12.0. The van der Waals surface area contributed by atoms with Crippen molar-refractivity contribution in [2.45, 2.75) is 19.4 Å². The van der Waals surface area contributed by atoms with Gasteiger partial charge >= 0.3 is 0 Å². The van der Waals surface area contributed by atoms with E-state index in [2.05, 4.69) is 20.7 Å². The van der Waals surface area contributed by atoms with Crippen LogP contribution in [-0.2, 0) is 22.6 Å². The van der Waals surface area contributed by atoms with Gasteiger partial charge in [-0.1, -0.05) is 36.4 Å². The molecule has 3 rings (SSSR count). The molecule has 0 atom stereocenters. The number of carbonyl (C=O) groups is 2. The molecule has 3 aromatic rings. The summed E-state index contributed by atoms with van der Waals surface area (Å²) in [7, 11) is 0. The molecule has 27 heavy (non-hydrogen) atoms. The second kappa shape index (κ2) is 9.28. The highest BCUT2D eigenvalue weighted by molar-refractivity contribution is 5.80. The molecule has 7 heteroatoms. The van der Waals surface area contributed by atoms with Crippen LogP contribution in [0.15, 0.2) is 67.1 Å². The molecular weight excluding hydrogens is 342 g/mol. The fourth-order valence-corrected chi connectivity index (χ4v) is 2.61. The highest BCUT2D eigenvalue weighted by Crippen LogP contribution is 2.09. The minimum absolute atomic E-state index is 0.0952. The molecule has 0 saturated carbocycles. The van der Waals surface area contributed by atoms with E-state index in [1.807, 2.05) is 48.5 Å². The number of rotatable bonds is 8. The predicted octanol–water partition coefficient (Wildman–Crippen LogP) is 1.63. The first-order valence-corrected chi connectivity index (χ1v) is 8.73. The van der Waals surface area contributed by atoms with Gasteiger partial charge in [0.05, 0.1) is 6.42 Å². The smallest absolute Gasteiger partial charge is 0.224 e. The number of hydrogen-bond acceptors (Lipinski definition) is 4. The highest BCUT2D eigenvalue weighted by Gasteiger charge is 2.09. The van der Waals surface area contributed by atoms with E-state index in [9.17, 15) is 9.59 Å². The number of carbonyl (C=O) groups excluding carboxylic acids is 2. The molecule has 0 unspecified atom stereocenters. The van der Waals surface area contributed by atoms with Crippen molar-refractivity contribution in [3.05, 3.63) is 78.2 Å². The Morgan fingerprint density at radius 3 is 2.56 bits per heavy atom. The average Bonchev–Trinajstić information content (AvgIpc) is 3.22. The zero-order chi connectivity index (χ0) is 18.9. The number of aromatic nitrogens is 3. The minimum Gasteiger partial charge on any atom is -0.355 e. The van der Waals surface area contributed by atoms with E-state index < -0.39 is 0 Å².